The number of aromatic nitrogens is 1. The summed E-state index contributed by atoms with van der Waals surface area (Å²) in [6.07, 6.45) is 4.89. The van der Waals surface area contributed by atoms with E-state index in [2.05, 4.69) is 36.4 Å². The van der Waals surface area contributed by atoms with Gasteiger partial charge in [-0.1, -0.05) is 20.8 Å². The van der Waals surface area contributed by atoms with Crippen LogP contribution in [0.15, 0.2) is 18.3 Å². The fourth-order valence-corrected chi connectivity index (χ4v) is 6.11. The van der Waals surface area contributed by atoms with E-state index in [-0.39, 0.29) is 35.6 Å². The van der Waals surface area contributed by atoms with Gasteiger partial charge in [-0.25, -0.2) is 9.78 Å². The smallest absolute Gasteiger partial charge is 0.325 e. The van der Waals surface area contributed by atoms with E-state index in [0.29, 0.717) is 50.5 Å². The Morgan fingerprint density at radius 1 is 1.21 bits per heavy atom. The number of anilines is 1. The Kier molecular flexibility index (Phi) is 6.40. The van der Waals surface area contributed by atoms with Crippen molar-refractivity contribution in [1.82, 2.24) is 20.1 Å². The average molecular weight is 470 g/mol. The fourth-order valence-electron chi connectivity index (χ4n) is 6.11. The molecule has 5 amide bonds. The zero-order valence-corrected chi connectivity index (χ0v) is 20.5. The Labute approximate surface area is 200 Å². The maximum atomic E-state index is 13.3. The molecule has 2 aliphatic heterocycles. The number of amides is 5. The summed E-state index contributed by atoms with van der Waals surface area (Å²) < 4.78 is 0. The van der Waals surface area contributed by atoms with E-state index < -0.39 is 11.6 Å². The summed E-state index contributed by atoms with van der Waals surface area (Å²) in [7, 11) is 0. The van der Waals surface area contributed by atoms with Crippen LogP contribution in [0.5, 0.6) is 0 Å². The van der Waals surface area contributed by atoms with Gasteiger partial charge in [0.15, 0.2) is 0 Å². The van der Waals surface area contributed by atoms with Gasteiger partial charge < -0.3 is 15.5 Å². The highest BCUT2D eigenvalue weighted by atomic mass is 16.2. The molecule has 9 heteroatoms. The topological polar surface area (TPSA) is 112 Å². The quantitative estimate of drug-likeness (QED) is 0.659. The second-order valence-corrected chi connectivity index (χ2v) is 11.1. The molecule has 9 nitrogen and oxygen atoms in total. The number of rotatable bonds is 4. The van der Waals surface area contributed by atoms with Crippen LogP contribution in [-0.2, 0) is 14.4 Å². The highest BCUT2D eigenvalue weighted by Gasteiger charge is 2.56. The maximum absolute atomic E-state index is 13.3. The van der Waals surface area contributed by atoms with E-state index in [0.717, 1.165) is 16.9 Å². The number of carbonyl (C=O) groups excluding carboxylic acids is 4. The number of hydrogen-bond donors (Lipinski definition) is 2. The van der Waals surface area contributed by atoms with Crippen LogP contribution in [0.3, 0.4) is 0 Å². The molecule has 2 unspecified atom stereocenters. The molecule has 3 aliphatic rings. The number of urea groups is 1. The molecule has 1 aromatic heterocycles. The first-order chi connectivity index (χ1) is 16.0. The van der Waals surface area contributed by atoms with Gasteiger partial charge >= 0.3 is 6.03 Å². The van der Waals surface area contributed by atoms with E-state index in [1.165, 1.54) is 0 Å². The van der Waals surface area contributed by atoms with Crippen molar-refractivity contribution in [2.24, 2.45) is 17.3 Å². The third kappa shape index (κ3) is 4.93. The normalized spacial score (nSPS) is 27.1. The number of aryl methyl sites for hydroxylation is 1. The van der Waals surface area contributed by atoms with Crippen molar-refractivity contribution < 1.29 is 19.2 Å². The minimum Gasteiger partial charge on any atom is -0.341 e. The van der Waals surface area contributed by atoms with Gasteiger partial charge in [0, 0.05) is 25.2 Å². The number of piperidine rings is 1. The first-order valence-electron chi connectivity index (χ1n) is 12.1. The predicted octanol–water partition coefficient (Wildman–Crippen LogP) is 2.70. The molecule has 4 rings (SSSR count). The molecule has 1 saturated carbocycles. The molecule has 2 saturated heterocycles. The molecule has 3 heterocycles. The lowest BCUT2D eigenvalue weighted by Crippen LogP contribution is -2.54. The lowest BCUT2D eigenvalue weighted by atomic mass is 9.64. The van der Waals surface area contributed by atoms with E-state index in [1.54, 1.807) is 11.1 Å². The minimum atomic E-state index is -0.909. The Balaban J connectivity index is 1.32. The highest BCUT2D eigenvalue weighted by molar-refractivity contribution is 6.09. The van der Waals surface area contributed by atoms with Crippen LogP contribution in [0, 0.1) is 24.2 Å². The standard InChI is InChI=1S/C25H35N5O4/c1-16-5-8-26-19(11-16)27-21(32)18-6-9-29(10-7-18)20(31)14-30-22(33)25(28-23(30)34)13-17(2)12-24(3,4)15-25/h5,8,11,17-18H,6-7,9-10,12-15H2,1-4H3,(H,28,34)(H,26,27,32). The summed E-state index contributed by atoms with van der Waals surface area (Å²) in [4.78, 5) is 58.5. The van der Waals surface area contributed by atoms with E-state index in [1.807, 2.05) is 19.1 Å². The van der Waals surface area contributed by atoms with E-state index in [4.69, 9.17) is 0 Å². The summed E-state index contributed by atoms with van der Waals surface area (Å²) >= 11 is 0. The molecule has 0 aromatic carbocycles. The van der Waals surface area contributed by atoms with Gasteiger partial charge in [-0.3, -0.25) is 19.3 Å². The van der Waals surface area contributed by atoms with Gasteiger partial charge in [0.05, 0.1) is 0 Å². The fraction of sp³-hybridized carbons (Fsp3) is 0.640. The number of likely N-dealkylation sites (tertiary alicyclic amines) is 1. The molecular weight excluding hydrogens is 434 g/mol. The molecule has 1 aliphatic carbocycles. The summed E-state index contributed by atoms with van der Waals surface area (Å²) in [6, 6.07) is 3.20. The zero-order chi connectivity index (χ0) is 24.7. The Hall–Kier alpha value is -2.97. The second kappa shape index (κ2) is 9.00. The molecule has 34 heavy (non-hydrogen) atoms. The van der Waals surface area contributed by atoms with Gasteiger partial charge in [-0.15, -0.1) is 0 Å². The molecule has 0 radical (unpaired) electrons. The Bertz CT molecular complexity index is 1000. The Morgan fingerprint density at radius 3 is 2.56 bits per heavy atom. The lowest BCUT2D eigenvalue weighted by Gasteiger charge is -2.43. The van der Waals surface area contributed by atoms with Crippen LogP contribution >= 0.6 is 0 Å². The van der Waals surface area contributed by atoms with Crippen LogP contribution in [-0.4, -0.2) is 63.7 Å². The number of nitrogens with one attached hydrogen (secondary N) is 2. The van der Waals surface area contributed by atoms with Crippen molar-refractivity contribution in [1.29, 1.82) is 0 Å². The first kappa shape index (κ1) is 24.2. The third-order valence-corrected chi connectivity index (χ3v) is 7.30. The number of hydrogen-bond acceptors (Lipinski definition) is 5. The van der Waals surface area contributed by atoms with Crippen LogP contribution in [0.25, 0.3) is 0 Å². The van der Waals surface area contributed by atoms with Gasteiger partial charge in [-0.05, 0) is 68.1 Å². The van der Waals surface area contributed by atoms with Gasteiger partial charge in [-0.2, -0.15) is 0 Å². The van der Waals surface area contributed by atoms with E-state index in [9.17, 15) is 19.2 Å². The predicted molar refractivity (Wildman–Crippen MR) is 127 cm³/mol. The second-order valence-electron chi connectivity index (χ2n) is 11.1. The van der Waals surface area contributed by atoms with Crippen LogP contribution in [0.1, 0.15) is 58.4 Å². The van der Waals surface area contributed by atoms with Gasteiger partial charge in [0.1, 0.15) is 17.9 Å². The van der Waals surface area contributed by atoms with Crippen molar-refractivity contribution >= 4 is 29.6 Å². The molecular formula is C25H35N5O4. The molecule has 0 bridgehead atoms. The molecule has 184 valence electrons. The van der Waals surface area contributed by atoms with Crippen molar-refractivity contribution in [2.75, 3.05) is 25.0 Å². The monoisotopic (exact) mass is 469 g/mol. The van der Waals surface area contributed by atoms with Crippen LogP contribution < -0.4 is 10.6 Å². The molecule has 1 aromatic rings. The van der Waals surface area contributed by atoms with Crippen molar-refractivity contribution in [3.63, 3.8) is 0 Å². The van der Waals surface area contributed by atoms with Crippen molar-refractivity contribution in [3.8, 4) is 0 Å². The van der Waals surface area contributed by atoms with Gasteiger partial charge in [0.2, 0.25) is 11.8 Å². The SMILES string of the molecule is Cc1ccnc(NC(=O)C2CCN(C(=O)CN3C(=O)NC4(CC(C)CC(C)(C)C4)C3=O)CC2)c1. The third-order valence-electron chi connectivity index (χ3n) is 7.30. The minimum absolute atomic E-state index is 0.0585. The van der Waals surface area contributed by atoms with Crippen molar-refractivity contribution in [2.45, 2.75) is 65.3 Å². The van der Waals surface area contributed by atoms with Crippen molar-refractivity contribution in [3.05, 3.63) is 23.9 Å². The number of carbonyl (C=O) groups is 4. The highest BCUT2D eigenvalue weighted by Crippen LogP contribution is 2.46. The molecule has 1 spiro atoms. The summed E-state index contributed by atoms with van der Waals surface area (Å²) in [6.45, 7) is 8.84. The number of imide groups is 1. The lowest BCUT2D eigenvalue weighted by molar-refractivity contribution is -0.141. The van der Waals surface area contributed by atoms with Crippen LogP contribution in [0.2, 0.25) is 0 Å². The summed E-state index contributed by atoms with van der Waals surface area (Å²) in [5.41, 5.74) is 0.0454. The maximum Gasteiger partial charge on any atom is 0.325 e. The summed E-state index contributed by atoms with van der Waals surface area (Å²) in [5.74, 6) is -0.0270. The Morgan fingerprint density at radius 2 is 1.91 bits per heavy atom. The van der Waals surface area contributed by atoms with Gasteiger partial charge in [0.25, 0.3) is 5.91 Å². The average Bonchev–Trinajstić information content (AvgIpc) is 2.95. The van der Waals surface area contributed by atoms with E-state index >= 15 is 0 Å². The molecule has 2 atom stereocenters. The number of nitrogens with zero attached hydrogens (tertiary/aromatic N) is 3. The number of pyridine rings is 1. The van der Waals surface area contributed by atoms with Crippen LogP contribution in [0.4, 0.5) is 10.6 Å². The largest absolute Gasteiger partial charge is 0.341 e. The summed E-state index contributed by atoms with van der Waals surface area (Å²) in [5, 5.41) is 5.77. The molecule has 2 N–H and O–H groups in total. The molecule has 3 fully saturated rings. The first-order valence-corrected chi connectivity index (χ1v) is 12.1. The zero-order valence-electron chi connectivity index (χ0n) is 20.5.